The minimum absolute atomic E-state index is 0.455. The van der Waals surface area contributed by atoms with E-state index in [-0.39, 0.29) is 0 Å². The third kappa shape index (κ3) is 1.88. The Labute approximate surface area is 117 Å². The van der Waals surface area contributed by atoms with Gasteiger partial charge >= 0.3 is 0 Å². The summed E-state index contributed by atoms with van der Waals surface area (Å²) in [4.78, 5) is 4.05. The van der Waals surface area contributed by atoms with E-state index in [1.807, 2.05) is 16.8 Å². The SMILES string of the molecule is Clc1cc(-n2ccnc2)ccc1CNC12CC(C1)C2. The van der Waals surface area contributed by atoms with E-state index in [9.17, 15) is 0 Å². The van der Waals surface area contributed by atoms with E-state index in [2.05, 4.69) is 22.4 Å². The van der Waals surface area contributed by atoms with Crippen molar-refractivity contribution in [3.05, 3.63) is 47.5 Å². The Hall–Kier alpha value is -1.32. The maximum absolute atomic E-state index is 6.38. The molecule has 0 aliphatic heterocycles. The minimum Gasteiger partial charge on any atom is -0.307 e. The molecule has 1 aromatic heterocycles. The molecule has 3 nitrogen and oxygen atoms in total. The predicted octanol–water partition coefficient (Wildman–Crippen LogP) is 3.17. The lowest BCUT2D eigenvalue weighted by Gasteiger charge is -2.62. The molecular formula is C15H16ClN3. The molecule has 19 heavy (non-hydrogen) atoms. The second kappa shape index (κ2) is 4.09. The van der Waals surface area contributed by atoms with Crippen LogP contribution in [-0.4, -0.2) is 15.1 Å². The van der Waals surface area contributed by atoms with Gasteiger partial charge in [-0.1, -0.05) is 17.7 Å². The molecule has 3 saturated carbocycles. The predicted molar refractivity (Wildman–Crippen MR) is 75.5 cm³/mol. The zero-order valence-electron chi connectivity index (χ0n) is 10.6. The number of hydrogen-bond acceptors (Lipinski definition) is 2. The number of rotatable bonds is 4. The molecule has 98 valence electrons. The Morgan fingerprint density at radius 2 is 2.21 bits per heavy atom. The number of nitrogens with one attached hydrogen (secondary N) is 1. The zero-order valence-corrected chi connectivity index (χ0v) is 11.4. The van der Waals surface area contributed by atoms with Crippen molar-refractivity contribution in [1.29, 1.82) is 0 Å². The molecule has 3 aliphatic carbocycles. The summed E-state index contributed by atoms with van der Waals surface area (Å²) in [7, 11) is 0. The van der Waals surface area contributed by atoms with E-state index >= 15 is 0 Å². The third-order valence-electron chi connectivity index (χ3n) is 4.53. The molecule has 5 rings (SSSR count). The van der Waals surface area contributed by atoms with E-state index in [0.717, 1.165) is 23.2 Å². The summed E-state index contributed by atoms with van der Waals surface area (Å²) in [5.41, 5.74) is 2.68. The average molecular weight is 274 g/mol. The smallest absolute Gasteiger partial charge is 0.0991 e. The Morgan fingerprint density at radius 1 is 1.37 bits per heavy atom. The van der Waals surface area contributed by atoms with Crippen LogP contribution in [0.3, 0.4) is 0 Å². The van der Waals surface area contributed by atoms with E-state index < -0.39 is 0 Å². The van der Waals surface area contributed by atoms with Crippen LogP contribution in [0.4, 0.5) is 0 Å². The summed E-state index contributed by atoms with van der Waals surface area (Å²) in [6.45, 7) is 0.871. The quantitative estimate of drug-likeness (QED) is 0.927. The minimum atomic E-state index is 0.455. The highest BCUT2D eigenvalue weighted by Crippen LogP contribution is 2.57. The summed E-state index contributed by atoms with van der Waals surface area (Å²) < 4.78 is 1.96. The lowest BCUT2D eigenvalue weighted by atomic mass is 9.50. The molecule has 1 aromatic carbocycles. The van der Waals surface area contributed by atoms with Gasteiger partial charge in [0.2, 0.25) is 0 Å². The van der Waals surface area contributed by atoms with Crippen molar-refractivity contribution in [3.8, 4) is 5.69 Å². The first-order chi connectivity index (χ1) is 9.24. The van der Waals surface area contributed by atoms with Gasteiger partial charge in [-0.05, 0) is 42.9 Å². The van der Waals surface area contributed by atoms with Crippen LogP contribution in [0, 0.1) is 5.92 Å². The standard InChI is InChI=1S/C15H16ClN3/c16-14-5-13(19-4-3-17-10-19)2-1-12(14)9-18-15-6-11(7-15)8-15/h1-5,10-11,18H,6-9H2. The van der Waals surface area contributed by atoms with E-state index in [1.54, 1.807) is 12.5 Å². The van der Waals surface area contributed by atoms with E-state index in [1.165, 1.54) is 24.8 Å². The van der Waals surface area contributed by atoms with Crippen LogP contribution in [0.2, 0.25) is 5.02 Å². The van der Waals surface area contributed by atoms with Crippen LogP contribution in [0.1, 0.15) is 24.8 Å². The third-order valence-corrected chi connectivity index (χ3v) is 4.88. The molecule has 4 heteroatoms. The molecule has 3 aliphatic rings. The van der Waals surface area contributed by atoms with Crippen molar-refractivity contribution in [2.24, 2.45) is 5.92 Å². The first-order valence-electron chi connectivity index (χ1n) is 6.76. The molecule has 1 N–H and O–H groups in total. The second-order valence-electron chi connectivity index (χ2n) is 5.86. The van der Waals surface area contributed by atoms with Gasteiger partial charge in [-0.3, -0.25) is 0 Å². The van der Waals surface area contributed by atoms with Crippen molar-refractivity contribution in [3.63, 3.8) is 0 Å². The molecular weight excluding hydrogens is 258 g/mol. The first-order valence-corrected chi connectivity index (χ1v) is 7.14. The van der Waals surface area contributed by atoms with Crippen molar-refractivity contribution < 1.29 is 0 Å². The molecule has 0 amide bonds. The summed E-state index contributed by atoms with van der Waals surface area (Å²) in [6, 6.07) is 6.20. The van der Waals surface area contributed by atoms with Gasteiger partial charge in [0.05, 0.1) is 6.33 Å². The zero-order chi connectivity index (χ0) is 12.9. The molecule has 0 atom stereocenters. The second-order valence-corrected chi connectivity index (χ2v) is 6.27. The van der Waals surface area contributed by atoms with Crippen LogP contribution >= 0.6 is 11.6 Å². The van der Waals surface area contributed by atoms with Gasteiger partial charge in [0, 0.05) is 35.2 Å². The summed E-state index contributed by atoms with van der Waals surface area (Å²) in [6.07, 6.45) is 9.55. The van der Waals surface area contributed by atoms with Crippen LogP contribution in [-0.2, 0) is 6.54 Å². The van der Waals surface area contributed by atoms with Crippen LogP contribution < -0.4 is 5.32 Å². The lowest BCUT2D eigenvalue weighted by Crippen LogP contribution is -2.66. The highest BCUT2D eigenvalue weighted by atomic mass is 35.5. The van der Waals surface area contributed by atoms with Crippen molar-refractivity contribution >= 4 is 11.6 Å². The highest BCUT2D eigenvalue weighted by molar-refractivity contribution is 6.31. The molecule has 0 unspecified atom stereocenters. The fourth-order valence-electron chi connectivity index (χ4n) is 3.23. The summed E-state index contributed by atoms with van der Waals surface area (Å²) >= 11 is 6.38. The van der Waals surface area contributed by atoms with Gasteiger partial charge in [-0.2, -0.15) is 0 Å². The average Bonchev–Trinajstić information content (AvgIpc) is 2.80. The number of hydrogen-bond donors (Lipinski definition) is 1. The van der Waals surface area contributed by atoms with E-state index in [4.69, 9.17) is 11.6 Å². The van der Waals surface area contributed by atoms with Crippen molar-refractivity contribution in [2.45, 2.75) is 31.3 Å². The van der Waals surface area contributed by atoms with Gasteiger partial charge in [-0.15, -0.1) is 0 Å². The van der Waals surface area contributed by atoms with Crippen molar-refractivity contribution in [1.82, 2.24) is 14.9 Å². The summed E-state index contributed by atoms with van der Waals surface area (Å²) in [5, 5.41) is 4.49. The molecule has 0 saturated heterocycles. The highest BCUT2D eigenvalue weighted by Gasteiger charge is 2.55. The molecule has 1 heterocycles. The van der Waals surface area contributed by atoms with Crippen LogP contribution in [0.25, 0.3) is 5.69 Å². The first kappa shape index (κ1) is 11.5. The molecule has 2 aromatic rings. The number of aromatic nitrogens is 2. The topological polar surface area (TPSA) is 29.9 Å². The fraction of sp³-hybridized carbons (Fsp3) is 0.400. The Balaban J connectivity index is 1.50. The Bertz CT molecular complexity index is 589. The normalized spacial score (nSPS) is 27.7. The number of halogens is 1. The van der Waals surface area contributed by atoms with Gasteiger partial charge in [0.15, 0.2) is 0 Å². The maximum atomic E-state index is 6.38. The number of nitrogens with zero attached hydrogens (tertiary/aromatic N) is 2. The van der Waals surface area contributed by atoms with E-state index in [0.29, 0.717) is 5.54 Å². The molecule has 0 spiro atoms. The number of benzene rings is 1. The molecule has 2 bridgehead atoms. The van der Waals surface area contributed by atoms with Crippen molar-refractivity contribution in [2.75, 3.05) is 0 Å². The Morgan fingerprint density at radius 3 is 2.79 bits per heavy atom. The monoisotopic (exact) mass is 273 g/mol. The summed E-state index contributed by atoms with van der Waals surface area (Å²) in [5.74, 6) is 1.01. The van der Waals surface area contributed by atoms with Crippen LogP contribution in [0.5, 0.6) is 0 Å². The lowest BCUT2D eigenvalue weighted by molar-refractivity contribution is -0.0519. The molecule has 3 fully saturated rings. The molecule has 0 radical (unpaired) electrons. The number of imidazole rings is 1. The van der Waals surface area contributed by atoms with Gasteiger partial charge in [0.1, 0.15) is 0 Å². The van der Waals surface area contributed by atoms with Gasteiger partial charge in [0.25, 0.3) is 0 Å². The maximum Gasteiger partial charge on any atom is 0.0991 e. The fourth-order valence-corrected chi connectivity index (χ4v) is 3.47. The largest absolute Gasteiger partial charge is 0.307 e. The van der Waals surface area contributed by atoms with Gasteiger partial charge in [-0.25, -0.2) is 4.98 Å². The Kier molecular flexibility index (Phi) is 2.47. The van der Waals surface area contributed by atoms with Gasteiger partial charge < -0.3 is 9.88 Å². The van der Waals surface area contributed by atoms with Crippen LogP contribution in [0.15, 0.2) is 36.9 Å².